The highest BCUT2D eigenvalue weighted by Gasteiger charge is 2.26. The van der Waals surface area contributed by atoms with Gasteiger partial charge in [-0.3, -0.25) is 9.59 Å². The maximum absolute atomic E-state index is 12.1. The number of aliphatic hydroxyl groups is 2. The molecule has 0 amide bonds. The van der Waals surface area contributed by atoms with Crippen molar-refractivity contribution in [1.82, 2.24) is 0 Å². The molecule has 0 aliphatic heterocycles. The minimum Gasteiger partial charge on any atom is -0.387 e. The number of hydrogen-bond donors (Lipinski definition) is 2. The Labute approximate surface area is 141 Å². The van der Waals surface area contributed by atoms with Crippen LogP contribution in [-0.2, 0) is 9.59 Å². The molecule has 1 radical (unpaired) electrons. The van der Waals surface area contributed by atoms with Gasteiger partial charge in [-0.2, -0.15) is 0 Å². The molecule has 0 aliphatic rings. The SMILES string of the molecule is CC(=O)C(c1ccc([C]=O)cc1)c1ccc(C(O)C(C)(C)O)cc1. The number of carbonyl (C=O) groups is 1. The Hall–Kier alpha value is -2.30. The van der Waals surface area contributed by atoms with Crippen molar-refractivity contribution in [3.05, 3.63) is 70.8 Å². The van der Waals surface area contributed by atoms with E-state index in [0.717, 1.165) is 11.1 Å². The van der Waals surface area contributed by atoms with E-state index in [0.29, 0.717) is 11.1 Å². The molecular weight excluding hydrogens is 304 g/mol. The van der Waals surface area contributed by atoms with Crippen LogP contribution in [0.2, 0.25) is 0 Å². The highest BCUT2D eigenvalue weighted by atomic mass is 16.3. The van der Waals surface area contributed by atoms with E-state index in [9.17, 15) is 19.8 Å². The van der Waals surface area contributed by atoms with Crippen LogP contribution < -0.4 is 0 Å². The Morgan fingerprint density at radius 3 is 1.75 bits per heavy atom. The second-order valence-electron chi connectivity index (χ2n) is 6.49. The Balaban J connectivity index is 2.35. The van der Waals surface area contributed by atoms with E-state index < -0.39 is 17.6 Å². The van der Waals surface area contributed by atoms with Crippen LogP contribution in [0.25, 0.3) is 0 Å². The highest BCUT2D eigenvalue weighted by molar-refractivity contribution is 5.87. The van der Waals surface area contributed by atoms with Crippen molar-refractivity contribution in [3.63, 3.8) is 0 Å². The van der Waals surface area contributed by atoms with E-state index in [4.69, 9.17) is 0 Å². The molecule has 0 aromatic heterocycles. The summed E-state index contributed by atoms with van der Waals surface area (Å²) in [5, 5.41) is 20.0. The van der Waals surface area contributed by atoms with Crippen molar-refractivity contribution in [2.24, 2.45) is 0 Å². The number of benzene rings is 2. The summed E-state index contributed by atoms with van der Waals surface area (Å²) in [7, 11) is 0. The second-order valence-corrected chi connectivity index (χ2v) is 6.49. The lowest BCUT2D eigenvalue weighted by Crippen LogP contribution is -2.28. The standard InChI is InChI=1S/C20H21O4/c1-13(22)18(15-6-4-14(12-21)5-7-15)16-8-10-17(11-9-16)19(23)20(2,3)24/h4-11,18-19,23-24H,1-3H3. The molecule has 2 rings (SSSR count). The van der Waals surface area contributed by atoms with Crippen LogP contribution in [0.1, 0.15) is 55.0 Å². The zero-order valence-electron chi connectivity index (χ0n) is 14.0. The van der Waals surface area contributed by atoms with E-state index in [1.54, 1.807) is 48.5 Å². The molecule has 24 heavy (non-hydrogen) atoms. The number of carbonyl (C=O) groups excluding carboxylic acids is 2. The Kier molecular flexibility index (Phi) is 5.32. The third-order valence-electron chi connectivity index (χ3n) is 4.02. The lowest BCUT2D eigenvalue weighted by atomic mass is 9.86. The largest absolute Gasteiger partial charge is 0.387 e. The zero-order valence-corrected chi connectivity index (χ0v) is 14.0. The van der Waals surface area contributed by atoms with Crippen LogP contribution in [0.3, 0.4) is 0 Å². The molecule has 0 fully saturated rings. The molecule has 2 aromatic carbocycles. The van der Waals surface area contributed by atoms with Gasteiger partial charge in [-0.25, -0.2) is 0 Å². The summed E-state index contributed by atoms with van der Waals surface area (Å²) in [4.78, 5) is 22.7. The third-order valence-corrected chi connectivity index (χ3v) is 4.02. The van der Waals surface area contributed by atoms with E-state index in [1.807, 2.05) is 6.29 Å². The first-order valence-corrected chi connectivity index (χ1v) is 7.73. The van der Waals surface area contributed by atoms with Gasteiger partial charge in [0.2, 0.25) is 6.29 Å². The van der Waals surface area contributed by atoms with Gasteiger partial charge in [0.1, 0.15) is 11.9 Å². The van der Waals surface area contributed by atoms with Gasteiger partial charge in [-0.05, 0) is 37.5 Å². The molecule has 0 heterocycles. The second kappa shape index (κ2) is 7.07. The normalized spacial score (nSPS) is 14.0. The minimum absolute atomic E-state index is 0.0198. The van der Waals surface area contributed by atoms with Gasteiger partial charge in [0.05, 0.1) is 11.5 Å². The average Bonchev–Trinajstić information content (AvgIpc) is 2.54. The summed E-state index contributed by atoms with van der Waals surface area (Å²) in [5.74, 6) is -0.465. The van der Waals surface area contributed by atoms with Crippen molar-refractivity contribution < 1.29 is 19.8 Å². The zero-order chi connectivity index (χ0) is 17.9. The summed E-state index contributed by atoms with van der Waals surface area (Å²) in [6, 6.07) is 13.7. The Morgan fingerprint density at radius 2 is 1.38 bits per heavy atom. The summed E-state index contributed by atoms with van der Waals surface area (Å²) >= 11 is 0. The van der Waals surface area contributed by atoms with E-state index in [-0.39, 0.29) is 5.78 Å². The lowest BCUT2D eigenvalue weighted by Gasteiger charge is -2.25. The van der Waals surface area contributed by atoms with Crippen LogP contribution in [-0.4, -0.2) is 27.9 Å². The molecule has 0 saturated heterocycles. The summed E-state index contributed by atoms with van der Waals surface area (Å²) in [6.07, 6.45) is 0.800. The van der Waals surface area contributed by atoms with E-state index >= 15 is 0 Å². The van der Waals surface area contributed by atoms with Crippen LogP contribution in [0.15, 0.2) is 48.5 Å². The van der Waals surface area contributed by atoms with Gasteiger partial charge in [-0.1, -0.05) is 48.5 Å². The molecule has 2 N–H and O–H groups in total. The molecular formula is C20H21O4. The number of Topliss-reactive ketones (excluding diaryl/α,β-unsaturated/α-hetero) is 1. The van der Waals surface area contributed by atoms with Crippen LogP contribution in [0.4, 0.5) is 0 Å². The molecule has 2 aromatic rings. The third kappa shape index (κ3) is 3.96. The van der Waals surface area contributed by atoms with Crippen molar-refractivity contribution in [1.29, 1.82) is 0 Å². The fourth-order valence-electron chi connectivity index (χ4n) is 2.68. The molecule has 4 heteroatoms. The van der Waals surface area contributed by atoms with Crippen molar-refractivity contribution in [2.75, 3.05) is 0 Å². The van der Waals surface area contributed by atoms with Gasteiger partial charge in [0.15, 0.2) is 0 Å². The topological polar surface area (TPSA) is 74.6 Å². The first-order chi connectivity index (χ1) is 11.2. The Morgan fingerprint density at radius 1 is 0.958 bits per heavy atom. The van der Waals surface area contributed by atoms with Crippen molar-refractivity contribution in [3.8, 4) is 0 Å². The van der Waals surface area contributed by atoms with Gasteiger partial charge in [-0.15, -0.1) is 0 Å². The predicted molar refractivity (Wildman–Crippen MR) is 91.5 cm³/mol. The van der Waals surface area contributed by atoms with Crippen molar-refractivity contribution in [2.45, 2.75) is 38.4 Å². The number of ketones is 1. The average molecular weight is 325 g/mol. The molecule has 0 saturated carbocycles. The van der Waals surface area contributed by atoms with Gasteiger partial charge in [0, 0.05) is 5.56 Å². The molecule has 0 spiro atoms. The van der Waals surface area contributed by atoms with Crippen LogP contribution >= 0.6 is 0 Å². The monoisotopic (exact) mass is 325 g/mol. The number of rotatable bonds is 6. The first-order valence-electron chi connectivity index (χ1n) is 7.73. The predicted octanol–water partition coefficient (Wildman–Crippen LogP) is 2.67. The van der Waals surface area contributed by atoms with Gasteiger partial charge < -0.3 is 10.2 Å². The van der Waals surface area contributed by atoms with Gasteiger partial charge >= 0.3 is 0 Å². The fraction of sp³-hybridized carbons (Fsp3) is 0.300. The lowest BCUT2D eigenvalue weighted by molar-refractivity contribution is -0.117. The molecule has 4 nitrogen and oxygen atoms in total. The fourth-order valence-corrected chi connectivity index (χ4v) is 2.68. The molecule has 2 atom stereocenters. The summed E-state index contributed by atoms with van der Waals surface area (Å²) in [5.41, 5.74) is 1.35. The van der Waals surface area contributed by atoms with Crippen LogP contribution in [0.5, 0.6) is 0 Å². The van der Waals surface area contributed by atoms with E-state index in [1.165, 1.54) is 20.8 Å². The summed E-state index contributed by atoms with van der Waals surface area (Å²) in [6.45, 7) is 4.59. The quantitative estimate of drug-likeness (QED) is 0.856. The molecule has 2 unspecified atom stereocenters. The van der Waals surface area contributed by atoms with Crippen molar-refractivity contribution >= 4 is 12.1 Å². The van der Waals surface area contributed by atoms with Gasteiger partial charge in [0.25, 0.3) is 0 Å². The maximum atomic E-state index is 12.1. The molecule has 0 aliphatic carbocycles. The smallest absolute Gasteiger partial charge is 0.233 e. The minimum atomic E-state index is -1.25. The Bertz CT molecular complexity index is 709. The highest BCUT2D eigenvalue weighted by Crippen LogP contribution is 2.29. The molecule has 0 bridgehead atoms. The maximum Gasteiger partial charge on any atom is 0.233 e. The van der Waals surface area contributed by atoms with E-state index in [2.05, 4.69) is 0 Å². The number of hydrogen-bond acceptors (Lipinski definition) is 4. The summed E-state index contributed by atoms with van der Waals surface area (Å²) < 4.78 is 0. The number of aliphatic hydroxyl groups excluding tert-OH is 1. The first kappa shape index (κ1) is 18.0. The molecule has 125 valence electrons. The van der Waals surface area contributed by atoms with Crippen LogP contribution in [0, 0.1) is 0 Å².